The smallest absolute Gasteiger partial charge is 0.332 e. The summed E-state index contributed by atoms with van der Waals surface area (Å²) in [5.41, 5.74) is -0.148. The van der Waals surface area contributed by atoms with Crippen molar-refractivity contribution >= 4 is 23.7 Å². The van der Waals surface area contributed by atoms with E-state index < -0.39 is 41.3 Å². The molecule has 0 aliphatic heterocycles. The number of allylic oxidation sites excluding steroid dienone is 1. The molecule has 0 aromatic carbocycles. The Kier molecular flexibility index (Phi) is 13.8. The van der Waals surface area contributed by atoms with Crippen molar-refractivity contribution < 1.29 is 52.7 Å². The molecule has 4 rings (SSSR count). The molecule has 11 nitrogen and oxygen atoms in total. The number of ketones is 1. The third kappa shape index (κ3) is 8.58. The summed E-state index contributed by atoms with van der Waals surface area (Å²) in [6, 6.07) is 0. The molecule has 3 saturated carbocycles. The molecule has 9 atom stereocenters. The number of carbonyl (C=O) groups is 4. The van der Waals surface area contributed by atoms with Gasteiger partial charge in [-0.25, -0.2) is 14.4 Å². The molecule has 0 unspecified atom stereocenters. The molecule has 302 valence electrons. The fourth-order valence-electron chi connectivity index (χ4n) is 11.3. The lowest BCUT2D eigenvalue weighted by Gasteiger charge is -2.69. The van der Waals surface area contributed by atoms with Gasteiger partial charge in [-0.1, -0.05) is 52.7 Å². The van der Waals surface area contributed by atoms with Crippen molar-refractivity contribution in [2.75, 3.05) is 39.6 Å². The second-order valence-electron chi connectivity index (χ2n) is 17.8. The molecular formula is C42H68O11. The Balaban J connectivity index is 1.76. The van der Waals surface area contributed by atoms with Crippen molar-refractivity contribution in [3.05, 3.63) is 11.1 Å². The lowest BCUT2D eigenvalue weighted by atomic mass is 9.36. The average Bonchev–Trinajstić information content (AvgIpc) is 3.42. The van der Waals surface area contributed by atoms with Gasteiger partial charge in [-0.3, -0.25) is 4.79 Å². The van der Waals surface area contributed by atoms with E-state index in [1.54, 1.807) is 13.8 Å². The summed E-state index contributed by atoms with van der Waals surface area (Å²) in [7, 11) is 0. The fourth-order valence-corrected chi connectivity index (χ4v) is 11.3. The van der Waals surface area contributed by atoms with Crippen LogP contribution in [0.4, 0.5) is 0 Å². The van der Waals surface area contributed by atoms with Crippen LogP contribution in [0.15, 0.2) is 11.1 Å². The zero-order valence-electron chi connectivity index (χ0n) is 34.4. The zero-order valence-corrected chi connectivity index (χ0v) is 34.4. The Morgan fingerprint density at radius 3 is 1.96 bits per heavy atom. The second kappa shape index (κ2) is 16.8. The number of carbonyl (C=O) groups excluding carboxylic acids is 4. The van der Waals surface area contributed by atoms with E-state index in [1.165, 1.54) is 25.0 Å². The lowest BCUT2D eigenvalue weighted by Crippen LogP contribution is -2.66. The molecule has 11 heteroatoms. The maximum Gasteiger partial charge on any atom is 0.332 e. The lowest BCUT2D eigenvalue weighted by molar-refractivity contribution is -0.219. The molecule has 4 aliphatic rings. The molecule has 0 saturated heterocycles. The maximum atomic E-state index is 13.4. The molecule has 53 heavy (non-hydrogen) atoms. The molecule has 0 aromatic rings. The van der Waals surface area contributed by atoms with E-state index in [4.69, 9.17) is 28.4 Å². The summed E-state index contributed by atoms with van der Waals surface area (Å²) in [5, 5.41) is 11.3. The SMILES string of the molecule is CCOCC(=O)O[C@@H](C[C@@H](C)C1=C2C[C@H](OC(=O)COCC)[C@H]3[C@@]4(C)CCC(=O)C(C)(C)[C@@H]4CC[C@]3(C)[C@@]2(C)CC1)[C@@H](OC(=O)COCC)C(C)(C)O. The van der Waals surface area contributed by atoms with Crippen LogP contribution in [0.25, 0.3) is 0 Å². The Morgan fingerprint density at radius 1 is 0.830 bits per heavy atom. The summed E-state index contributed by atoms with van der Waals surface area (Å²) in [4.78, 5) is 52.6. The molecule has 1 N–H and O–H groups in total. The number of fused-ring (bicyclic) bond motifs is 5. The van der Waals surface area contributed by atoms with E-state index in [0.717, 1.165) is 32.1 Å². The Bertz CT molecular complexity index is 1380. The van der Waals surface area contributed by atoms with Crippen LogP contribution in [0.3, 0.4) is 0 Å². The van der Waals surface area contributed by atoms with Crippen LogP contribution >= 0.6 is 0 Å². The van der Waals surface area contributed by atoms with E-state index in [1.807, 2.05) is 6.92 Å². The first-order valence-corrected chi connectivity index (χ1v) is 20.0. The van der Waals surface area contributed by atoms with Crippen molar-refractivity contribution in [3.63, 3.8) is 0 Å². The molecule has 0 heterocycles. The predicted octanol–water partition coefficient (Wildman–Crippen LogP) is 6.56. The molecule has 3 fully saturated rings. The van der Waals surface area contributed by atoms with E-state index in [9.17, 15) is 24.3 Å². The topological polar surface area (TPSA) is 144 Å². The number of aliphatic hydroxyl groups is 1. The molecule has 0 bridgehead atoms. The molecule has 0 spiro atoms. The van der Waals surface area contributed by atoms with Gasteiger partial charge in [0.15, 0.2) is 6.10 Å². The van der Waals surface area contributed by atoms with Crippen LogP contribution in [0, 0.1) is 39.4 Å². The number of hydrogen-bond donors (Lipinski definition) is 1. The number of ether oxygens (including phenoxy) is 6. The van der Waals surface area contributed by atoms with Crippen LogP contribution in [-0.2, 0) is 47.6 Å². The highest BCUT2D eigenvalue weighted by Crippen LogP contribution is 2.74. The standard InChI is InChI=1S/C42H68O11/c1-12-48-23-33(44)51-29-22-28-27(15-19-41(28,10)42(11)20-16-31-38(5,6)32(43)17-18-40(31,9)36(29)42)26(4)21-30(52-34(45)24-49-13-2)37(39(7,8)47)53-35(46)25-50-14-3/h26,29-31,36-37,47H,12-25H2,1-11H3/t26-,29+,30+,31+,36+,37-,40+,41+,42+/m1/s1. The first kappa shape index (κ1) is 43.4. The first-order chi connectivity index (χ1) is 24.7. The van der Waals surface area contributed by atoms with E-state index in [0.29, 0.717) is 38.4 Å². The van der Waals surface area contributed by atoms with Crippen molar-refractivity contribution in [3.8, 4) is 0 Å². The van der Waals surface area contributed by atoms with Crippen molar-refractivity contribution in [1.29, 1.82) is 0 Å². The maximum absolute atomic E-state index is 13.4. The van der Waals surface area contributed by atoms with Crippen molar-refractivity contribution in [2.24, 2.45) is 39.4 Å². The highest BCUT2D eigenvalue weighted by Gasteiger charge is 2.70. The van der Waals surface area contributed by atoms with Gasteiger partial charge in [0.05, 0.1) is 5.60 Å². The zero-order chi connectivity index (χ0) is 39.6. The monoisotopic (exact) mass is 748 g/mol. The largest absolute Gasteiger partial charge is 0.460 e. The molecule has 0 radical (unpaired) electrons. The summed E-state index contributed by atoms with van der Waals surface area (Å²) in [6.45, 7) is 22.3. The van der Waals surface area contributed by atoms with Gasteiger partial charge in [-0.05, 0) is 101 Å². The normalized spacial score (nSPS) is 32.5. The van der Waals surface area contributed by atoms with Gasteiger partial charge in [0.25, 0.3) is 0 Å². The van der Waals surface area contributed by atoms with Crippen LogP contribution in [0.5, 0.6) is 0 Å². The molecule has 0 amide bonds. The minimum atomic E-state index is -1.55. The summed E-state index contributed by atoms with van der Waals surface area (Å²) < 4.78 is 34.4. The third-order valence-corrected chi connectivity index (χ3v) is 13.9. The van der Waals surface area contributed by atoms with Gasteiger partial charge >= 0.3 is 17.9 Å². The highest BCUT2D eigenvalue weighted by atomic mass is 16.6. The summed E-state index contributed by atoms with van der Waals surface area (Å²) in [6.07, 6.45) is 3.16. The third-order valence-electron chi connectivity index (χ3n) is 13.9. The van der Waals surface area contributed by atoms with E-state index >= 15 is 0 Å². The van der Waals surface area contributed by atoms with E-state index in [2.05, 4.69) is 41.5 Å². The average molecular weight is 749 g/mol. The van der Waals surface area contributed by atoms with Crippen LogP contribution in [-0.4, -0.2) is 92.4 Å². The van der Waals surface area contributed by atoms with Gasteiger partial charge in [0, 0.05) is 44.0 Å². The number of esters is 3. The van der Waals surface area contributed by atoms with Gasteiger partial charge in [0.2, 0.25) is 0 Å². The van der Waals surface area contributed by atoms with Gasteiger partial charge in [0.1, 0.15) is 37.8 Å². The first-order valence-electron chi connectivity index (χ1n) is 20.0. The van der Waals surface area contributed by atoms with Gasteiger partial charge < -0.3 is 33.5 Å². The predicted molar refractivity (Wildman–Crippen MR) is 199 cm³/mol. The molecular weight excluding hydrogens is 680 g/mol. The minimum absolute atomic E-state index is 0.0340. The van der Waals surface area contributed by atoms with Gasteiger partial charge in [-0.15, -0.1) is 0 Å². The molecule has 4 aliphatic carbocycles. The summed E-state index contributed by atoms with van der Waals surface area (Å²) >= 11 is 0. The van der Waals surface area contributed by atoms with Crippen LogP contribution < -0.4 is 0 Å². The quantitative estimate of drug-likeness (QED) is 0.0982. The van der Waals surface area contributed by atoms with Crippen molar-refractivity contribution in [2.45, 2.75) is 151 Å². The number of Topliss-reactive ketones (excluding diaryl/α,β-unsaturated/α-hetero) is 1. The van der Waals surface area contributed by atoms with E-state index in [-0.39, 0.29) is 66.2 Å². The Hall–Kier alpha value is -2.34. The molecule has 0 aromatic heterocycles. The second-order valence-corrected chi connectivity index (χ2v) is 17.8. The minimum Gasteiger partial charge on any atom is -0.460 e. The number of rotatable bonds is 17. The Morgan fingerprint density at radius 2 is 1.40 bits per heavy atom. The fraction of sp³-hybridized carbons (Fsp3) is 0.857. The Labute approximate surface area is 317 Å². The highest BCUT2D eigenvalue weighted by molar-refractivity contribution is 5.85. The van der Waals surface area contributed by atoms with Crippen LogP contribution in [0.1, 0.15) is 128 Å². The number of hydrogen-bond acceptors (Lipinski definition) is 11. The van der Waals surface area contributed by atoms with Gasteiger partial charge in [-0.2, -0.15) is 0 Å². The summed E-state index contributed by atoms with van der Waals surface area (Å²) in [5.74, 6) is -1.26. The van der Waals surface area contributed by atoms with Crippen LogP contribution in [0.2, 0.25) is 0 Å². The van der Waals surface area contributed by atoms with Crippen molar-refractivity contribution in [1.82, 2.24) is 0 Å².